The summed E-state index contributed by atoms with van der Waals surface area (Å²) in [5.41, 5.74) is 0.965. The topological polar surface area (TPSA) is 89.9 Å². The monoisotopic (exact) mass is 407 g/mol. The summed E-state index contributed by atoms with van der Waals surface area (Å²) < 4.78 is 12.7. The van der Waals surface area contributed by atoms with Crippen molar-refractivity contribution in [3.8, 4) is 11.5 Å². The van der Waals surface area contributed by atoms with Crippen molar-refractivity contribution in [2.75, 3.05) is 11.7 Å². The molecule has 1 aliphatic carbocycles. The van der Waals surface area contributed by atoms with Gasteiger partial charge in [-0.05, 0) is 42.7 Å². The number of fused-ring (bicyclic) bond motifs is 1. The van der Waals surface area contributed by atoms with Crippen molar-refractivity contribution < 1.29 is 23.9 Å². The zero-order chi connectivity index (χ0) is 20.7. The Morgan fingerprint density at radius 3 is 2.63 bits per heavy atom. The molecule has 2 aromatic rings. The molecule has 1 N–H and O–H groups in total. The molecule has 0 spiro atoms. The van der Waals surface area contributed by atoms with Crippen LogP contribution in [0.4, 0.5) is 10.5 Å². The Bertz CT molecular complexity index is 1060. The number of ether oxygens (including phenoxy) is 2. The number of carbonyl (C=O) groups is 3. The van der Waals surface area contributed by atoms with Gasteiger partial charge in [-0.25, -0.2) is 9.69 Å². The maximum absolute atomic E-state index is 13.1. The van der Waals surface area contributed by atoms with Crippen molar-refractivity contribution >= 4 is 29.6 Å². The van der Waals surface area contributed by atoms with Crippen LogP contribution in [0.1, 0.15) is 43.7 Å². The fraction of sp³-hybridized carbons (Fsp3) is 0.318. The number of imide groups is 2. The van der Waals surface area contributed by atoms with Gasteiger partial charge in [-0.15, -0.1) is 0 Å². The number of anilines is 1. The number of carbonyl (C=O) groups excluding carboxylic acids is 3. The number of aromatic nitrogens is 1. The Morgan fingerprint density at radius 2 is 1.80 bits per heavy atom. The molecule has 3 aliphatic rings. The Kier molecular flexibility index (Phi) is 4.54. The lowest BCUT2D eigenvalue weighted by molar-refractivity contribution is -0.122. The molecule has 8 heteroatoms. The van der Waals surface area contributed by atoms with E-state index in [0.29, 0.717) is 23.2 Å². The molecular weight excluding hydrogens is 386 g/mol. The fourth-order valence-corrected chi connectivity index (χ4v) is 4.20. The molecule has 0 atom stereocenters. The number of rotatable bonds is 3. The highest BCUT2D eigenvalue weighted by molar-refractivity contribution is 6.39. The van der Waals surface area contributed by atoms with Gasteiger partial charge in [-0.2, -0.15) is 0 Å². The van der Waals surface area contributed by atoms with Gasteiger partial charge in [0.2, 0.25) is 6.79 Å². The van der Waals surface area contributed by atoms with Crippen molar-refractivity contribution in [3.63, 3.8) is 0 Å². The summed E-state index contributed by atoms with van der Waals surface area (Å²) in [7, 11) is 0. The summed E-state index contributed by atoms with van der Waals surface area (Å²) in [6.45, 7) is 0.0839. The third kappa shape index (κ3) is 3.24. The lowest BCUT2D eigenvalue weighted by Gasteiger charge is -2.26. The second-order valence-corrected chi connectivity index (χ2v) is 7.68. The van der Waals surface area contributed by atoms with Crippen LogP contribution in [0, 0.1) is 0 Å². The first-order valence-corrected chi connectivity index (χ1v) is 10.1. The van der Waals surface area contributed by atoms with Gasteiger partial charge in [-0.3, -0.25) is 14.9 Å². The van der Waals surface area contributed by atoms with E-state index in [4.69, 9.17) is 9.47 Å². The number of barbiturate groups is 1. The van der Waals surface area contributed by atoms with E-state index in [-0.39, 0.29) is 12.4 Å². The molecule has 1 saturated carbocycles. The first kappa shape index (κ1) is 18.5. The highest BCUT2D eigenvalue weighted by Gasteiger charge is 2.37. The van der Waals surface area contributed by atoms with Gasteiger partial charge >= 0.3 is 6.03 Å². The molecule has 0 bridgehead atoms. The van der Waals surface area contributed by atoms with E-state index in [1.165, 1.54) is 25.3 Å². The number of nitrogens with one attached hydrogen (secondary N) is 1. The van der Waals surface area contributed by atoms with Crippen molar-refractivity contribution in [3.05, 3.63) is 47.8 Å². The number of hydrogen-bond acceptors (Lipinski definition) is 5. The number of nitrogens with zero attached hydrogens (tertiary/aromatic N) is 2. The SMILES string of the molecule is O=C1NC(=O)N(c2ccc3c(c2)OCO3)C(=O)/C1=C\c1ccn(C2CCCCC2)c1. The summed E-state index contributed by atoms with van der Waals surface area (Å²) in [5.74, 6) is -0.389. The van der Waals surface area contributed by atoms with Crippen LogP contribution in [0.25, 0.3) is 6.08 Å². The number of hydrogen-bond donors (Lipinski definition) is 1. The minimum absolute atomic E-state index is 0.0839. The lowest BCUT2D eigenvalue weighted by Crippen LogP contribution is -2.54. The maximum Gasteiger partial charge on any atom is 0.335 e. The standard InChI is InChI=1S/C22H21N3O5/c26-20-17(10-14-8-9-24(12-14)15-4-2-1-3-5-15)21(27)25(22(28)23-20)16-6-7-18-19(11-16)30-13-29-18/h6-12,15H,1-5,13H2,(H,23,26,28)/b17-10-. The molecule has 1 saturated heterocycles. The smallest absolute Gasteiger partial charge is 0.335 e. The summed E-state index contributed by atoms with van der Waals surface area (Å²) in [4.78, 5) is 38.8. The highest BCUT2D eigenvalue weighted by Crippen LogP contribution is 2.36. The van der Waals surface area contributed by atoms with Crippen molar-refractivity contribution in [1.29, 1.82) is 0 Å². The summed E-state index contributed by atoms with van der Waals surface area (Å²) in [6.07, 6.45) is 11.4. The van der Waals surface area contributed by atoms with Crippen LogP contribution in [0.2, 0.25) is 0 Å². The van der Waals surface area contributed by atoms with Gasteiger partial charge in [0.05, 0.1) is 5.69 Å². The van der Waals surface area contributed by atoms with E-state index in [0.717, 1.165) is 23.3 Å². The molecule has 4 amide bonds. The van der Waals surface area contributed by atoms with Crippen LogP contribution >= 0.6 is 0 Å². The van der Waals surface area contributed by atoms with Gasteiger partial charge in [0, 0.05) is 24.5 Å². The molecule has 0 radical (unpaired) electrons. The quantitative estimate of drug-likeness (QED) is 0.622. The number of urea groups is 1. The van der Waals surface area contributed by atoms with E-state index in [2.05, 4.69) is 9.88 Å². The zero-order valence-corrected chi connectivity index (χ0v) is 16.3. The second kappa shape index (κ2) is 7.37. The Hall–Kier alpha value is -3.55. The molecule has 1 aromatic heterocycles. The van der Waals surface area contributed by atoms with Crippen LogP contribution in [-0.4, -0.2) is 29.2 Å². The maximum atomic E-state index is 13.1. The first-order valence-electron chi connectivity index (χ1n) is 10.1. The van der Waals surface area contributed by atoms with Gasteiger partial charge < -0.3 is 14.0 Å². The van der Waals surface area contributed by atoms with Gasteiger partial charge in [0.25, 0.3) is 11.8 Å². The summed E-state index contributed by atoms with van der Waals surface area (Å²) >= 11 is 0. The van der Waals surface area contributed by atoms with Crippen molar-refractivity contribution in [1.82, 2.24) is 9.88 Å². The van der Waals surface area contributed by atoms with Crippen molar-refractivity contribution in [2.45, 2.75) is 38.1 Å². The molecule has 2 aliphatic heterocycles. The zero-order valence-electron chi connectivity index (χ0n) is 16.3. The first-order chi connectivity index (χ1) is 14.6. The lowest BCUT2D eigenvalue weighted by atomic mass is 9.95. The average Bonchev–Trinajstić information content (AvgIpc) is 3.41. The number of amides is 4. The predicted molar refractivity (Wildman–Crippen MR) is 108 cm³/mol. The average molecular weight is 407 g/mol. The van der Waals surface area contributed by atoms with E-state index in [1.807, 2.05) is 18.5 Å². The molecule has 1 aromatic carbocycles. The van der Waals surface area contributed by atoms with Crippen LogP contribution in [0.5, 0.6) is 11.5 Å². The third-order valence-electron chi connectivity index (χ3n) is 5.76. The predicted octanol–water partition coefficient (Wildman–Crippen LogP) is 3.39. The van der Waals surface area contributed by atoms with Crippen LogP contribution < -0.4 is 19.7 Å². The Balaban J connectivity index is 1.43. The molecule has 3 heterocycles. The molecule has 2 fully saturated rings. The number of benzene rings is 1. The van der Waals surface area contributed by atoms with E-state index >= 15 is 0 Å². The fourth-order valence-electron chi connectivity index (χ4n) is 4.20. The minimum Gasteiger partial charge on any atom is -0.454 e. The van der Waals surface area contributed by atoms with Gasteiger partial charge in [0.1, 0.15) is 5.57 Å². The summed E-state index contributed by atoms with van der Waals surface area (Å²) in [5, 5.41) is 2.25. The van der Waals surface area contributed by atoms with Crippen LogP contribution in [-0.2, 0) is 9.59 Å². The van der Waals surface area contributed by atoms with E-state index < -0.39 is 17.8 Å². The molecule has 8 nitrogen and oxygen atoms in total. The molecule has 5 rings (SSSR count). The molecule has 30 heavy (non-hydrogen) atoms. The van der Waals surface area contributed by atoms with Gasteiger partial charge in [-0.1, -0.05) is 19.3 Å². The van der Waals surface area contributed by atoms with Gasteiger partial charge in [0.15, 0.2) is 11.5 Å². The van der Waals surface area contributed by atoms with Crippen molar-refractivity contribution in [2.24, 2.45) is 0 Å². The minimum atomic E-state index is -0.791. The Labute approximate surface area is 173 Å². The largest absolute Gasteiger partial charge is 0.454 e. The van der Waals surface area contributed by atoms with E-state index in [1.54, 1.807) is 18.2 Å². The highest BCUT2D eigenvalue weighted by atomic mass is 16.7. The molecule has 0 unspecified atom stereocenters. The molecular formula is C22H21N3O5. The third-order valence-corrected chi connectivity index (χ3v) is 5.76. The van der Waals surface area contributed by atoms with E-state index in [9.17, 15) is 14.4 Å². The Morgan fingerprint density at radius 1 is 1.00 bits per heavy atom. The van der Waals surface area contributed by atoms with Crippen LogP contribution in [0.15, 0.2) is 42.2 Å². The normalized spacial score (nSPS) is 20.7. The van der Waals surface area contributed by atoms with Crippen LogP contribution in [0.3, 0.4) is 0 Å². The second-order valence-electron chi connectivity index (χ2n) is 7.68. The molecule has 154 valence electrons. The summed E-state index contributed by atoms with van der Waals surface area (Å²) in [6, 6.07) is 6.30.